The first-order valence-corrected chi connectivity index (χ1v) is 12.6. The van der Waals surface area contributed by atoms with Crippen LogP contribution < -0.4 is 16.4 Å². The third-order valence-corrected chi connectivity index (χ3v) is 7.28. The Kier molecular flexibility index (Phi) is 9.64. The summed E-state index contributed by atoms with van der Waals surface area (Å²) in [6.07, 6.45) is 3.58. The fourth-order valence-corrected chi connectivity index (χ4v) is 4.62. The number of amides is 4. The molecule has 192 valence electrons. The lowest BCUT2D eigenvalue weighted by Gasteiger charge is -2.34. The van der Waals surface area contributed by atoms with Crippen molar-refractivity contribution in [3.63, 3.8) is 0 Å². The summed E-state index contributed by atoms with van der Waals surface area (Å²) in [7, 11) is 0. The van der Waals surface area contributed by atoms with Gasteiger partial charge in [0.15, 0.2) is 0 Å². The topological polar surface area (TPSA) is 139 Å². The molecule has 4 N–H and O–H groups in total. The van der Waals surface area contributed by atoms with Gasteiger partial charge in [0.1, 0.15) is 12.1 Å². The fraction of sp³-hybridized carbons (Fsp3) is 0.800. The fourth-order valence-electron chi connectivity index (χ4n) is 4.62. The van der Waals surface area contributed by atoms with Crippen molar-refractivity contribution in [1.29, 1.82) is 0 Å². The molecule has 2 aliphatic rings. The number of hydrogen-bond acceptors (Lipinski definition) is 5. The van der Waals surface area contributed by atoms with E-state index in [9.17, 15) is 24.0 Å². The summed E-state index contributed by atoms with van der Waals surface area (Å²) < 4.78 is 0. The monoisotopic (exact) mass is 478 g/mol. The molecular weight excluding hydrogens is 436 g/mol. The normalized spacial score (nSPS) is 22.9. The van der Waals surface area contributed by atoms with E-state index in [2.05, 4.69) is 10.6 Å². The van der Waals surface area contributed by atoms with Crippen LogP contribution in [-0.4, -0.2) is 59.0 Å². The molecule has 0 aromatic carbocycles. The van der Waals surface area contributed by atoms with Crippen LogP contribution in [0.5, 0.6) is 0 Å². The van der Waals surface area contributed by atoms with Crippen LogP contribution in [0, 0.1) is 29.6 Å². The number of rotatable bonds is 12. The van der Waals surface area contributed by atoms with E-state index in [1.54, 1.807) is 4.90 Å². The molecule has 34 heavy (non-hydrogen) atoms. The Hall–Kier alpha value is -2.45. The zero-order chi connectivity index (χ0) is 25.7. The zero-order valence-corrected chi connectivity index (χ0v) is 21.4. The van der Waals surface area contributed by atoms with Crippen molar-refractivity contribution < 1.29 is 24.0 Å². The van der Waals surface area contributed by atoms with Gasteiger partial charge in [0.25, 0.3) is 5.91 Å². The molecule has 1 aliphatic heterocycles. The second-order valence-electron chi connectivity index (χ2n) is 10.7. The average Bonchev–Trinajstić information content (AvgIpc) is 3.47. The minimum absolute atomic E-state index is 0.104. The molecule has 1 saturated carbocycles. The van der Waals surface area contributed by atoms with Crippen LogP contribution in [0.25, 0.3) is 0 Å². The standard InChI is InChI=1S/C25H42N4O5/c1-7-15(6)23(32)28-19(14(4)5)25(34)29-11-10-17(13(2)3)20(29)24(33)27-18(12-16-8-9-16)21(30)22(26)31/h13-20H,7-12H2,1-6H3,(H2,26,31)(H,27,33)(H,28,32)/t15-,17+,18?,19-,20-/m0/s1. The maximum Gasteiger partial charge on any atom is 0.287 e. The lowest BCUT2D eigenvalue weighted by atomic mass is 9.87. The summed E-state index contributed by atoms with van der Waals surface area (Å²) in [6.45, 7) is 11.8. The molecule has 2 fully saturated rings. The molecule has 1 unspecified atom stereocenters. The summed E-state index contributed by atoms with van der Waals surface area (Å²) in [4.78, 5) is 65.1. The Labute approximate surface area is 202 Å². The molecule has 0 aromatic heterocycles. The Balaban J connectivity index is 2.27. The van der Waals surface area contributed by atoms with Crippen molar-refractivity contribution in [2.24, 2.45) is 35.3 Å². The van der Waals surface area contributed by atoms with Crippen LogP contribution in [-0.2, 0) is 24.0 Å². The first-order valence-electron chi connectivity index (χ1n) is 12.6. The highest BCUT2D eigenvalue weighted by atomic mass is 16.2. The number of nitrogens with one attached hydrogen (secondary N) is 2. The predicted molar refractivity (Wildman–Crippen MR) is 128 cm³/mol. The third-order valence-electron chi connectivity index (χ3n) is 7.28. The highest BCUT2D eigenvalue weighted by molar-refractivity contribution is 6.37. The predicted octanol–water partition coefficient (Wildman–Crippen LogP) is 1.39. The lowest BCUT2D eigenvalue weighted by Crippen LogP contribution is -2.59. The number of carbonyl (C=O) groups is 5. The van der Waals surface area contributed by atoms with Gasteiger partial charge >= 0.3 is 0 Å². The molecule has 1 heterocycles. The molecule has 2 rings (SSSR count). The molecule has 9 nitrogen and oxygen atoms in total. The maximum atomic E-state index is 13.6. The molecule has 0 aromatic rings. The van der Waals surface area contributed by atoms with Crippen LogP contribution in [0.15, 0.2) is 0 Å². The molecule has 0 spiro atoms. The van der Waals surface area contributed by atoms with Crippen LogP contribution in [0.4, 0.5) is 0 Å². The first kappa shape index (κ1) is 27.8. The number of likely N-dealkylation sites (tertiary alicyclic amines) is 1. The third kappa shape index (κ3) is 6.79. The molecule has 0 bridgehead atoms. The SMILES string of the molecule is CC[C@H](C)C(=O)N[C@H](C(=O)N1CC[C@H](C(C)C)[C@H]1C(=O)NC(CC1CC1)C(=O)C(N)=O)C(C)C. The highest BCUT2D eigenvalue weighted by Gasteiger charge is 2.46. The van der Waals surface area contributed by atoms with Crippen molar-refractivity contribution in [3.05, 3.63) is 0 Å². The Bertz CT molecular complexity index is 792. The van der Waals surface area contributed by atoms with Gasteiger partial charge < -0.3 is 21.3 Å². The van der Waals surface area contributed by atoms with Crippen molar-refractivity contribution in [2.75, 3.05) is 6.54 Å². The van der Waals surface area contributed by atoms with Crippen molar-refractivity contribution in [3.8, 4) is 0 Å². The van der Waals surface area contributed by atoms with Crippen LogP contribution >= 0.6 is 0 Å². The smallest absolute Gasteiger partial charge is 0.287 e. The van der Waals surface area contributed by atoms with Gasteiger partial charge in [-0.1, -0.05) is 54.4 Å². The summed E-state index contributed by atoms with van der Waals surface area (Å²) in [5.41, 5.74) is 5.22. The average molecular weight is 479 g/mol. The lowest BCUT2D eigenvalue weighted by molar-refractivity contribution is -0.145. The van der Waals surface area contributed by atoms with Gasteiger partial charge in [-0.15, -0.1) is 0 Å². The molecule has 1 saturated heterocycles. The molecule has 5 atom stereocenters. The minimum atomic E-state index is -1.07. The second kappa shape index (κ2) is 11.8. The zero-order valence-electron chi connectivity index (χ0n) is 21.4. The van der Waals surface area contributed by atoms with E-state index >= 15 is 0 Å². The number of nitrogens with zero attached hydrogens (tertiary/aromatic N) is 1. The number of hydrogen-bond donors (Lipinski definition) is 3. The Morgan fingerprint density at radius 3 is 2.06 bits per heavy atom. The first-order chi connectivity index (χ1) is 15.9. The van der Waals surface area contributed by atoms with Crippen molar-refractivity contribution >= 4 is 29.4 Å². The van der Waals surface area contributed by atoms with E-state index in [1.807, 2.05) is 41.5 Å². The van der Waals surface area contributed by atoms with Crippen LogP contribution in [0.3, 0.4) is 0 Å². The van der Waals surface area contributed by atoms with E-state index in [-0.39, 0.29) is 41.4 Å². The molecule has 9 heteroatoms. The quantitative estimate of drug-likeness (QED) is 0.364. The van der Waals surface area contributed by atoms with Crippen LogP contribution in [0.2, 0.25) is 0 Å². The number of Topliss-reactive ketones (excluding diaryl/α,β-unsaturated/α-hetero) is 1. The van der Waals surface area contributed by atoms with E-state index in [0.717, 1.165) is 12.8 Å². The van der Waals surface area contributed by atoms with E-state index in [1.165, 1.54) is 0 Å². The highest BCUT2D eigenvalue weighted by Crippen LogP contribution is 2.35. The van der Waals surface area contributed by atoms with Gasteiger partial charge in [-0.2, -0.15) is 0 Å². The number of primary amides is 1. The van der Waals surface area contributed by atoms with Gasteiger partial charge in [0, 0.05) is 12.5 Å². The van der Waals surface area contributed by atoms with E-state index in [4.69, 9.17) is 5.73 Å². The summed E-state index contributed by atoms with van der Waals surface area (Å²) in [6, 6.07) is -2.51. The van der Waals surface area contributed by atoms with E-state index in [0.29, 0.717) is 25.8 Å². The summed E-state index contributed by atoms with van der Waals surface area (Å²) in [5.74, 6) is -2.89. The number of ketones is 1. The Morgan fingerprint density at radius 1 is 0.971 bits per heavy atom. The molecule has 1 aliphatic carbocycles. The molecule has 0 radical (unpaired) electrons. The van der Waals surface area contributed by atoms with Gasteiger partial charge in [0.2, 0.25) is 23.5 Å². The van der Waals surface area contributed by atoms with Gasteiger partial charge in [0.05, 0.1) is 6.04 Å². The largest absolute Gasteiger partial charge is 0.363 e. The maximum absolute atomic E-state index is 13.6. The van der Waals surface area contributed by atoms with Gasteiger partial charge in [-0.05, 0) is 42.9 Å². The van der Waals surface area contributed by atoms with Gasteiger partial charge in [-0.25, -0.2) is 0 Å². The number of carbonyl (C=O) groups excluding carboxylic acids is 5. The summed E-state index contributed by atoms with van der Waals surface area (Å²) in [5, 5.41) is 5.63. The van der Waals surface area contributed by atoms with Crippen LogP contribution in [0.1, 0.15) is 73.6 Å². The van der Waals surface area contributed by atoms with Crippen molar-refractivity contribution in [2.45, 2.75) is 91.8 Å². The van der Waals surface area contributed by atoms with E-state index < -0.39 is 35.7 Å². The molecule has 4 amide bonds. The minimum Gasteiger partial charge on any atom is -0.363 e. The summed E-state index contributed by atoms with van der Waals surface area (Å²) >= 11 is 0. The Morgan fingerprint density at radius 2 is 1.59 bits per heavy atom. The number of nitrogens with two attached hydrogens (primary N) is 1. The molecular formula is C25H42N4O5. The second-order valence-corrected chi connectivity index (χ2v) is 10.7. The van der Waals surface area contributed by atoms with Crippen molar-refractivity contribution in [1.82, 2.24) is 15.5 Å². The van der Waals surface area contributed by atoms with Gasteiger partial charge in [-0.3, -0.25) is 24.0 Å².